The molecule has 0 saturated carbocycles. The predicted molar refractivity (Wildman–Crippen MR) is 76.4 cm³/mol. The van der Waals surface area contributed by atoms with E-state index in [1.807, 2.05) is 13.0 Å². The Morgan fingerprint density at radius 3 is 2.95 bits per heavy atom. The number of nitriles is 1. The summed E-state index contributed by atoms with van der Waals surface area (Å²) in [5.74, 6) is 0.488. The van der Waals surface area contributed by atoms with Crippen molar-refractivity contribution in [3.8, 4) is 17.6 Å². The first-order valence-electron chi connectivity index (χ1n) is 6.08. The minimum Gasteiger partial charge on any atom is -0.490 e. The molecule has 0 aliphatic rings. The van der Waals surface area contributed by atoms with Gasteiger partial charge in [-0.2, -0.15) is 5.26 Å². The standard InChI is InChI=1S/C13H12N4O3S/c1-2-19-11-5-9(6-14)3-4-10(11)20-7-12(18)16-13-17-15-8-21-13/h3-5,8H,2,7H2,1H3,(H,16,17,18). The minimum atomic E-state index is -0.349. The Kier molecular flexibility index (Phi) is 5.06. The van der Waals surface area contributed by atoms with Crippen molar-refractivity contribution in [2.24, 2.45) is 0 Å². The zero-order valence-corrected chi connectivity index (χ0v) is 12.0. The number of nitrogens with zero attached hydrogens (tertiary/aromatic N) is 3. The fourth-order valence-electron chi connectivity index (χ4n) is 1.49. The average molecular weight is 304 g/mol. The highest BCUT2D eigenvalue weighted by atomic mass is 32.1. The highest BCUT2D eigenvalue weighted by Crippen LogP contribution is 2.28. The Morgan fingerprint density at radius 1 is 1.43 bits per heavy atom. The fourth-order valence-corrected chi connectivity index (χ4v) is 1.95. The summed E-state index contributed by atoms with van der Waals surface area (Å²) in [5.41, 5.74) is 1.98. The van der Waals surface area contributed by atoms with Crippen LogP contribution in [0.1, 0.15) is 12.5 Å². The van der Waals surface area contributed by atoms with Crippen LogP contribution >= 0.6 is 11.3 Å². The van der Waals surface area contributed by atoms with Crippen molar-refractivity contribution in [2.45, 2.75) is 6.92 Å². The second-order valence-electron chi connectivity index (χ2n) is 3.79. The van der Waals surface area contributed by atoms with Crippen LogP contribution in [-0.4, -0.2) is 29.3 Å². The number of ether oxygens (including phenoxy) is 2. The molecule has 0 spiro atoms. The molecule has 0 aliphatic heterocycles. The van der Waals surface area contributed by atoms with E-state index in [0.717, 1.165) is 0 Å². The van der Waals surface area contributed by atoms with Gasteiger partial charge in [0, 0.05) is 6.07 Å². The number of amides is 1. The minimum absolute atomic E-state index is 0.189. The number of hydrogen-bond donors (Lipinski definition) is 1. The quantitative estimate of drug-likeness (QED) is 0.874. The van der Waals surface area contributed by atoms with E-state index in [1.54, 1.807) is 18.2 Å². The average Bonchev–Trinajstić information content (AvgIpc) is 2.99. The SMILES string of the molecule is CCOc1cc(C#N)ccc1OCC(=O)Nc1nncs1. The largest absolute Gasteiger partial charge is 0.490 e. The number of anilines is 1. The summed E-state index contributed by atoms with van der Waals surface area (Å²) in [6.45, 7) is 2.07. The molecule has 0 fully saturated rings. The predicted octanol–water partition coefficient (Wildman–Crippen LogP) is 1.83. The van der Waals surface area contributed by atoms with Crippen molar-refractivity contribution in [3.05, 3.63) is 29.3 Å². The molecule has 1 aromatic heterocycles. The Labute approximate surface area is 125 Å². The molecule has 0 saturated heterocycles. The summed E-state index contributed by atoms with van der Waals surface area (Å²) in [4.78, 5) is 11.7. The third-order valence-corrected chi connectivity index (χ3v) is 2.94. The maximum absolute atomic E-state index is 11.7. The van der Waals surface area contributed by atoms with Crippen molar-refractivity contribution >= 4 is 22.4 Å². The normalized spacial score (nSPS) is 9.71. The maximum Gasteiger partial charge on any atom is 0.264 e. The van der Waals surface area contributed by atoms with Crippen LogP contribution < -0.4 is 14.8 Å². The second kappa shape index (κ2) is 7.21. The van der Waals surface area contributed by atoms with E-state index in [0.29, 0.717) is 28.8 Å². The number of rotatable bonds is 6. The number of aromatic nitrogens is 2. The van der Waals surface area contributed by atoms with Crippen LogP contribution in [0, 0.1) is 11.3 Å². The van der Waals surface area contributed by atoms with E-state index in [2.05, 4.69) is 15.5 Å². The highest BCUT2D eigenvalue weighted by molar-refractivity contribution is 7.13. The van der Waals surface area contributed by atoms with Gasteiger partial charge in [0.25, 0.3) is 5.91 Å². The summed E-state index contributed by atoms with van der Waals surface area (Å²) < 4.78 is 10.8. The monoisotopic (exact) mass is 304 g/mol. The molecule has 2 rings (SSSR count). The van der Waals surface area contributed by atoms with Gasteiger partial charge in [0.15, 0.2) is 18.1 Å². The molecule has 108 valence electrons. The molecule has 0 radical (unpaired) electrons. The van der Waals surface area contributed by atoms with Crippen LogP contribution in [0.15, 0.2) is 23.7 Å². The molecule has 1 N–H and O–H groups in total. The van der Waals surface area contributed by atoms with Gasteiger partial charge in [-0.25, -0.2) is 0 Å². The number of benzene rings is 1. The smallest absolute Gasteiger partial charge is 0.264 e. The van der Waals surface area contributed by atoms with Gasteiger partial charge in [-0.05, 0) is 19.1 Å². The van der Waals surface area contributed by atoms with Gasteiger partial charge in [-0.1, -0.05) is 11.3 Å². The van der Waals surface area contributed by atoms with Gasteiger partial charge in [-0.15, -0.1) is 10.2 Å². The van der Waals surface area contributed by atoms with Crippen LogP contribution in [-0.2, 0) is 4.79 Å². The summed E-state index contributed by atoms with van der Waals surface area (Å²) >= 11 is 1.22. The summed E-state index contributed by atoms with van der Waals surface area (Å²) in [7, 11) is 0. The Morgan fingerprint density at radius 2 is 2.29 bits per heavy atom. The Hall–Kier alpha value is -2.66. The second-order valence-corrected chi connectivity index (χ2v) is 4.62. The Bertz CT molecular complexity index is 652. The van der Waals surface area contributed by atoms with E-state index >= 15 is 0 Å². The van der Waals surface area contributed by atoms with Crippen LogP contribution in [0.4, 0.5) is 5.13 Å². The van der Waals surface area contributed by atoms with E-state index in [-0.39, 0.29) is 12.5 Å². The van der Waals surface area contributed by atoms with Gasteiger partial charge in [-0.3, -0.25) is 10.1 Å². The fraction of sp³-hybridized carbons (Fsp3) is 0.231. The zero-order valence-electron chi connectivity index (χ0n) is 11.2. The molecular weight excluding hydrogens is 292 g/mol. The molecule has 8 heteroatoms. The van der Waals surface area contributed by atoms with Crippen molar-refractivity contribution in [2.75, 3.05) is 18.5 Å². The number of carbonyl (C=O) groups excluding carboxylic acids is 1. The zero-order chi connectivity index (χ0) is 15.1. The third kappa shape index (κ3) is 4.15. The molecule has 1 heterocycles. The first-order chi connectivity index (χ1) is 10.2. The van der Waals surface area contributed by atoms with E-state index in [4.69, 9.17) is 14.7 Å². The maximum atomic E-state index is 11.7. The first-order valence-corrected chi connectivity index (χ1v) is 6.96. The van der Waals surface area contributed by atoms with Crippen LogP contribution in [0.5, 0.6) is 11.5 Å². The first kappa shape index (κ1) is 14.7. The van der Waals surface area contributed by atoms with Gasteiger partial charge in [0.05, 0.1) is 18.2 Å². The van der Waals surface area contributed by atoms with Crippen LogP contribution in [0.2, 0.25) is 0 Å². The lowest BCUT2D eigenvalue weighted by molar-refractivity contribution is -0.118. The van der Waals surface area contributed by atoms with Gasteiger partial charge in [0.2, 0.25) is 5.13 Å². The molecular formula is C13H12N4O3S. The van der Waals surface area contributed by atoms with Crippen LogP contribution in [0.25, 0.3) is 0 Å². The number of nitrogens with one attached hydrogen (secondary N) is 1. The molecule has 1 amide bonds. The summed E-state index contributed by atoms with van der Waals surface area (Å²) in [6.07, 6.45) is 0. The lowest BCUT2D eigenvalue weighted by Crippen LogP contribution is -2.20. The number of hydrogen-bond acceptors (Lipinski definition) is 7. The molecule has 0 aliphatic carbocycles. The number of carbonyl (C=O) groups is 1. The van der Waals surface area contributed by atoms with Crippen molar-refractivity contribution < 1.29 is 14.3 Å². The molecule has 0 unspecified atom stereocenters. The van der Waals surface area contributed by atoms with Crippen molar-refractivity contribution in [1.29, 1.82) is 5.26 Å². The van der Waals surface area contributed by atoms with E-state index in [1.165, 1.54) is 16.8 Å². The lowest BCUT2D eigenvalue weighted by Gasteiger charge is -2.11. The molecule has 21 heavy (non-hydrogen) atoms. The van der Waals surface area contributed by atoms with Crippen LogP contribution in [0.3, 0.4) is 0 Å². The third-order valence-electron chi connectivity index (χ3n) is 2.34. The van der Waals surface area contributed by atoms with E-state index in [9.17, 15) is 4.79 Å². The molecule has 1 aromatic carbocycles. The summed E-state index contributed by atoms with van der Waals surface area (Å²) in [5, 5.41) is 19.1. The topological polar surface area (TPSA) is 97.1 Å². The van der Waals surface area contributed by atoms with E-state index < -0.39 is 0 Å². The summed E-state index contributed by atoms with van der Waals surface area (Å²) in [6, 6.07) is 6.79. The van der Waals surface area contributed by atoms with Crippen molar-refractivity contribution in [3.63, 3.8) is 0 Å². The Balaban J connectivity index is 1.99. The molecule has 0 bridgehead atoms. The highest BCUT2D eigenvalue weighted by Gasteiger charge is 2.10. The molecule has 0 atom stereocenters. The molecule has 2 aromatic rings. The van der Waals surface area contributed by atoms with Gasteiger partial charge in [0.1, 0.15) is 5.51 Å². The van der Waals surface area contributed by atoms with Gasteiger partial charge < -0.3 is 9.47 Å². The van der Waals surface area contributed by atoms with Gasteiger partial charge >= 0.3 is 0 Å². The van der Waals surface area contributed by atoms with Crippen molar-refractivity contribution in [1.82, 2.24) is 10.2 Å². The molecule has 7 nitrogen and oxygen atoms in total. The lowest BCUT2D eigenvalue weighted by atomic mass is 10.2.